The van der Waals surface area contributed by atoms with E-state index in [1.165, 1.54) is 45.9 Å². The summed E-state index contributed by atoms with van der Waals surface area (Å²) >= 11 is 3.57. The van der Waals surface area contributed by atoms with Crippen LogP contribution in [0.1, 0.15) is 76.4 Å². The van der Waals surface area contributed by atoms with Crippen LogP contribution in [0, 0.1) is 17.5 Å². The zero-order chi connectivity index (χ0) is 73.2. The van der Waals surface area contributed by atoms with Crippen LogP contribution < -0.4 is 49.1 Å². The predicted molar refractivity (Wildman–Crippen MR) is 372 cm³/mol. The molecule has 0 radical (unpaired) electrons. The fraction of sp³-hybridized carbons (Fsp3) is 0.458. The maximum Gasteiger partial charge on any atom is 0.213 e. The summed E-state index contributed by atoms with van der Waals surface area (Å²) in [7, 11) is 4.38. The highest BCUT2D eigenvalue weighted by molar-refractivity contribution is 7.99. The number of nitrogens with zero attached hydrogens (tertiary/aromatic N) is 9. The van der Waals surface area contributed by atoms with Gasteiger partial charge in [-0.05, 0) is 68.9 Å². The quantitative estimate of drug-likeness (QED) is 0.0397. The molecule has 0 saturated carbocycles. The largest absolute Gasteiger partial charge is 0.490 e. The molecule has 15 heterocycles. The predicted octanol–water partition coefficient (Wildman–Crippen LogP) is 7.98. The van der Waals surface area contributed by atoms with Gasteiger partial charge in [-0.1, -0.05) is 0 Å². The molecule has 0 aromatic carbocycles. The lowest BCUT2D eigenvalue weighted by atomic mass is 9.96. The lowest BCUT2D eigenvalue weighted by Crippen LogP contribution is -2.44. The van der Waals surface area contributed by atoms with Crippen LogP contribution in [0.25, 0.3) is 33.1 Å². The number of thioether (sulfide) groups is 2. The lowest BCUT2D eigenvalue weighted by molar-refractivity contribution is -0.0719. The van der Waals surface area contributed by atoms with E-state index in [-0.39, 0.29) is 73.1 Å². The van der Waals surface area contributed by atoms with E-state index in [1.54, 1.807) is 66.4 Å². The van der Waals surface area contributed by atoms with Gasteiger partial charge in [0.1, 0.15) is 30.7 Å². The number of ether oxygens (including phenoxy) is 10. The summed E-state index contributed by atoms with van der Waals surface area (Å²) in [5.41, 5.74) is 4.73. The Labute approximate surface area is 599 Å². The molecule has 0 aliphatic carbocycles. The van der Waals surface area contributed by atoms with E-state index in [1.807, 2.05) is 6.07 Å². The number of hydrogen-bond acceptors (Lipinski definition) is 27. The third-order valence-corrected chi connectivity index (χ3v) is 20.1. The zero-order valence-electron chi connectivity index (χ0n) is 59.3. The fourth-order valence-electron chi connectivity index (χ4n) is 12.5. The van der Waals surface area contributed by atoms with Crippen molar-refractivity contribution in [2.45, 2.75) is 142 Å². The van der Waals surface area contributed by atoms with E-state index in [4.69, 9.17) is 51.5 Å². The first kappa shape index (κ1) is 68.3. The first-order chi connectivity index (χ1) is 50.9. The van der Waals surface area contributed by atoms with E-state index >= 15 is 0 Å². The van der Waals surface area contributed by atoms with Crippen LogP contribution in [-0.2, 0) is 53.1 Å². The number of fused-ring (bicyclic) bond motifs is 6. The highest BCUT2D eigenvalue weighted by Crippen LogP contribution is 2.36. The second-order valence-electron chi connectivity index (χ2n) is 24.9. The van der Waals surface area contributed by atoms with Crippen molar-refractivity contribution in [2.75, 3.05) is 79.1 Å². The number of aromatic nitrogens is 9. The van der Waals surface area contributed by atoms with Gasteiger partial charge in [-0.25, -0.2) is 28.1 Å². The topological polar surface area (TPSA) is 305 Å². The lowest BCUT2D eigenvalue weighted by Gasteiger charge is -2.32. The zero-order valence-corrected chi connectivity index (χ0v) is 58.0. The maximum atomic E-state index is 14.9. The monoisotopic (exact) mass is 1450 g/mol. The molecule has 540 valence electrons. The van der Waals surface area contributed by atoms with E-state index in [2.05, 4.69) is 72.9 Å². The summed E-state index contributed by atoms with van der Waals surface area (Å²) in [4.78, 5) is 40.5. The molecule has 2 unspecified atom stereocenters. The van der Waals surface area contributed by atoms with Crippen LogP contribution in [0.3, 0.4) is 0 Å². The number of halogens is 3. The fourth-order valence-corrected chi connectivity index (χ4v) is 14.2. The minimum absolute atomic E-state index is 0.0898. The van der Waals surface area contributed by atoms with Crippen molar-refractivity contribution in [1.29, 1.82) is 0 Å². The molecular weight excluding hydrogens is 1360 g/mol. The number of methoxy groups -OCH3 is 3. The standard InChI is InChI=1S/C24H27FN4O5.2C24H27FN4O4S/c1-31-23-5-3-18-24(29-23)16(17(25)11-28-18)9-19(30)20-4-2-14(13-34-20)26-10-15-8-21-22(12-27-15)33-7-6-32-21;2*1-31-23-5-3-18-24(29-23)16(17(25)11-28-18)9-19(30)20-4-2-14(13-33-20)26-10-15-8-22-21(12-27-15)32-6-7-34-22/h3*3,5,8,11-12,14,19-20,26,30H,2,4,6-7,9-10,13H2,1H3/t14-,19+,20+;2*14-,19?,20+/m111/s1/i9D2,19D;;. The highest BCUT2D eigenvalue weighted by Gasteiger charge is 2.33. The third-order valence-electron chi connectivity index (χ3n) is 18.1. The van der Waals surface area contributed by atoms with Crippen LogP contribution in [0.5, 0.6) is 40.6 Å². The Kier molecular flexibility index (Phi) is 23.1. The minimum Gasteiger partial charge on any atom is -0.490 e. The minimum atomic E-state index is -2.88. The van der Waals surface area contributed by atoms with Gasteiger partial charge >= 0.3 is 0 Å². The van der Waals surface area contributed by atoms with E-state index in [0.717, 1.165) is 82.1 Å². The van der Waals surface area contributed by atoms with Crippen molar-refractivity contribution >= 4 is 56.6 Å². The van der Waals surface area contributed by atoms with Crippen molar-refractivity contribution in [2.24, 2.45) is 0 Å². The van der Waals surface area contributed by atoms with Gasteiger partial charge in [-0.15, -0.1) is 23.5 Å². The third kappa shape index (κ3) is 18.1. The summed E-state index contributed by atoms with van der Waals surface area (Å²) < 4.78 is 125. The molecule has 3 fully saturated rings. The van der Waals surface area contributed by atoms with Gasteiger partial charge < -0.3 is 78.6 Å². The summed E-state index contributed by atoms with van der Waals surface area (Å²) in [6, 6.07) is 16.0. The van der Waals surface area contributed by atoms with Crippen LogP contribution in [0.2, 0.25) is 0 Å². The Hall–Kier alpha value is -8.14. The molecule has 0 amide bonds. The molecule has 102 heavy (non-hydrogen) atoms. The van der Waals surface area contributed by atoms with Crippen molar-refractivity contribution in [1.82, 2.24) is 60.8 Å². The molecule has 15 rings (SSSR count). The Balaban J connectivity index is 0.000000140. The molecule has 9 aromatic heterocycles. The van der Waals surface area contributed by atoms with Crippen molar-refractivity contribution in [3.05, 3.63) is 143 Å². The van der Waals surface area contributed by atoms with Gasteiger partial charge in [0, 0.05) is 112 Å². The van der Waals surface area contributed by atoms with Crippen LogP contribution >= 0.6 is 23.5 Å². The molecule has 9 atom stereocenters. The van der Waals surface area contributed by atoms with Gasteiger partial charge in [-0.2, -0.15) is 0 Å². The Morgan fingerprint density at radius 3 is 1.28 bits per heavy atom. The second kappa shape index (κ2) is 34.4. The Morgan fingerprint density at radius 2 is 0.863 bits per heavy atom. The number of nitrogens with one attached hydrogen (secondary N) is 3. The summed E-state index contributed by atoms with van der Waals surface area (Å²) in [6.07, 6.45) is 2.90. The van der Waals surface area contributed by atoms with Crippen molar-refractivity contribution < 1.29 is 80.0 Å². The SMILES string of the molecule is COc1ccc2ncc(F)c(CC(O)[C@@H]3CC[C@@H](NCc4cc5c(cn4)OCCS5)CO3)c2n1.COc1ccc2ncc(F)c(CC(O)[C@@H]3CC[C@@H](NCc4cc5c(cn4)OCCS5)CO3)c2n1.[2H]C([2H])(c1c(F)cnc2ccc(OC)nc12)[C@]([2H])(O)[C@@H]1CC[C@@H](NCc2cc3c(cn2)OCCO3)CO1. The Bertz CT molecular complexity index is 4320. The Morgan fingerprint density at radius 1 is 0.480 bits per heavy atom. The van der Waals surface area contributed by atoms with Gasteiger partial charge in [0.05, 0.1) is 189 Å². The second-order valence-corrected chi connectivity index (χ2v) is 27.1. The van der Waals surface area contributed by atoms with Gasteiger partial charge in [0.25, 0.3) is 0 Å². The molecule has 6 N–H and O–H groups in total. The summed E-state index contributed by atoms with van der Waals surface area (Å²) in [6.45, 7) is 5.17. The summed E-state index contributed by atoms with van der Waals surface area (Å²) in [5.74, 6) is 3.71. The molecule has 9 aromatic rings. The smallest absolute Gasteiger partial charge is 0.213 e. The van der Waals surface area contributed by atoms with Crippen molar-refractivity contribution in [3.8, 4) is 40.6 Å². The molecular formula is C72H81F3N12O13S2. The molecule has 0 bridgehead atoms. The number of aliphatic hydroxyl groups excluding tert-OH is 2. The van der Waals surface area contributed by atoms with Gasteiger partial charge in [0.15, 0.2) is 23.0 Å². The van der Waals surface area contributed by atoms with E-state index in [0.29, 0.717) is 122 Å². The average Bonchev–Trinajstić information content (AvgIpc) is 0.738. The summed E-state index contributed by atoms with van der Waals surface area (Å²) in [5, 5.41) is 43.1. The number of rotatable bonds is 21. The maximum absolute atomic E-state index is 14.9. The molecule has 6 aliphatic rings. The molecule has 3 saturated heterocycles. The first-order valence-electron chi connectivity index (χ1n) is 35.2. The van der Waals surface area contributed by atoms with E-state index in [9.17, 15) is 28.5 Å². The molecule has 25 nitrogen and oxygen atoms in total. The number of hydrogen-bond donors (Lipinski definition) is 6. The van der Waals surface area contributed by atoms with Gasteiger partial charge in [-0.3, -0.25) is 29.9 Å². The number of pyridine rings is 9. The van der Waals surface area contributed by atoms with E-state index < -0.39 is 53.8 Å². The molecule has 6 aliphatic heterocycles. The normalized spacial score (nSPS) is 21.8. The molecule has 0 spiro atoms. The van der Waals surface area contributed by atoms with Gasteiger partial charge in [0.2, 0.25) is 17.6 Å². The molecule has 30 heteroatoms. The average molecular weight is 1450 g/mol. The van der Waals surface area contributed by atoms with Crippen LogP contribution in [0.4, 0.5) is 13.2 Å². The van der Waals surface area contributed by atoms with Crippen LogP contribution in [-0.4, -0.2) is 194 Å². The van der Waals surface area contributed by atoms with Crippen molar-refractivity contribution in [3.63, 3.8) is 0 Å². The first-order valence-corrected chi connectivity index (χ1v) is 35.7. The van der Waals surface area contributed by atoms with Crippen LogP contribution in [0.15, 0.2) is 102 Å². The highest BCUT2D eigenvalue weighted by atomic mass is 32.2. The number of aliphatic hydroxyl groups is 3.